The molecule has 13 heteroatoms. The number of nitrogens with one attached hydrogen (secondary N) is 1. The number of aromatic nitrogens is 1. The molecule has 4 saturated heterocycles. The molecule has 692 valence electrons. The number of carbonyl (C=O) groups excluding carboxylic acids is 2. The minimum absolute atomic E-state index is 0.148. The summed E-state index contributed by atoms with van der Waals surface area (Å²) in [6.45, 7) is 44.3. The highest BCUT2D eigenvalue weighted by atomic mass is 35.5. The molecule has 8 aromatic carbocycles. The second-order valence-electron chi connectivity index (χ2n) is 33.8. The van der Waals surface area contributed by atoms with Gasteiger partial charge in [-0.2, -0.15) is 0 Å². The number of unbranched alkanes of at least 4 members (excludes halogenated alkanes) is 3. The van der Waals surface area contributed by atoms with Crippen molar-refractivity contribution in [1.82, 2.24) is 15.2 Å². The number of hydrogen-bond donors (Lipinski definition) is 2. The van der Waals surface area contributed by atoms with Crippen molar-refractivity contribution in [2.75, 3.05) is 52.6 Å². The van der Waals surface area contributed by atoms with Gasteiger partial charge in [0.15, 0.2) is 0 Å². The van der Waals surface area contributed by atoms with Gasteiger partial charge in [0, 0.05) is 67.5 Å². The third-order valence-corrected chi connectivity index (χ3v) is 21.9. The Labute approximate surface area is 770 Å². The van der Waals surface area contributed by atoms with Gasteiger partial charge in [0.1, 0.15) is 17.2 Å². The smallest absolute Gasteiger partial charge is 0.410 e. The number of halogens is 4. The van der Waals surface area contributed by atoms with Crippen LogP contribution in [0, 0.1) is 56.1 Å². The van der Waals surface area contributed by atoms with E-state index in [1.165, 1.54) is 216 Å². The molecule has 0 saturated carbocycles. The van der Waals surface area contributed by atoms with E-state index < -0.39 is 0 Å². The number of piperidine rings is 2. The molecule has 0 aliphatic carbocycles. The molecule has 3 N–H and O–H groups in total. The van der Waals surface area contributed by atoms with Crippen molar-refractivity contribution in [3.05, 3.63) is 314 Å². The molecule has 4 aliphatic rings. The van der Waals surface area contributed by atoms with Crippen LogP contribution in [0.4, 0.5) is 13.6 Å². The monoisotopic (exact) mass is 1760 g/mol. The molecule has 13 rings (SSSR count). The summed E-state index contributed by atoms with van der Waals surface area (Å²) in [4.78, 5) is 27.9. The lowest BCUT2D eigenvalue weighted by Gasteiger charge is -2.33. The number of likely N-dealkylation sites (tertiary alicyclic amines) is 1. The van der Waals surface area contributed by atoms with Gasteiger partial charge in [0.05, 0.1) is 0 Å². The molecule has 4 fully saturated rings. The highest BCUT2D eigenvalue weighted by Crippen LogP contribution is 2.23. The highest BCUT2D eigenvalue weighted by molar-refractivity contribution is 6.30. The third-order valence-electron chi connectivity index (χ3n) is 21.4. The van der Waals surface area contributed by atoms with E-state index in [0.29, 0.717) is 5.56 Å². The van der Waals surface area contributed by atoms with E-state index in [-0.39, 0.29) is 29.2 Å². The summed E-state index contributed by atoms with van der Waals surface area (Å²) in [7, 11) is 0. The van der Waals surface area contributed by atoms with Gasteiger partial charge in [-0.1, -0.05) is 314 Å². The van der Waals surface area contributed by atoms with E-state index in [4.69, 9.17) is 43.1 Å². The van der Waals surface area contributed by atoms with Gasteiger partial charge in [-0.15, -0.1) is 0 Å². The standard InChI is InChI=1S/C12H23NO2.C10H13Cl.C10H13F.C10H14.C9H11Cl.C9H11F.2C9H12.C8H9NO.C7H15N.C7H14O.C6H7N.C6H12O/c1-5-10-6-8-13(9-7-10)11(14)15-12(2,3)4;2*1-2-3-4-9-5-7-10(11)8-6-9;1-2-3-7-10-8-5-4-6-9-10;2*1-2-3-8-4-6-9(10)7-5-8;1-3-9-6-4-5-8(2)7-9;1-2-6-9-7-4-3-5-8-9;1-6-2-4-7(5-3-6)8(9)10;2*1-2-7-3-5-8-6-4-7;2*1-6-2-4-7-5-3-6/h10H,5-9H2,1-4H3;2*5-8H,2-4H2,1H3;4-6,8-9H,2-3,7H2,1H3;2*4-7H,2-3H2,1H3;4-7H,3H2,1-2H3;3-5,7-8H,2,6H2,1H3;2-5H,1H3,(H2,9,10);7-8H,2-6H2,1H3;7H,2-6H2,1H3;2-5H,1H3;6H,2-5H2,1H3. The first-order chi connectivity index (χ1) is 60.3. The summed E-state index contributed by atoms with van der Waals surface area (Å²) in [6, 6.07) is 70.5. The number of hydrogen-bond acceptors (Lipinski definition) is 7. The van der Waals surface area contributed by atoms with Crippen molar-refractivity contribution in [2.24, 2.45) is 29.4 Å². The van der Waals surface area contributed by atoms with Gasteiger partial charge >= 0.3 is 6.09 Å². The fourth-order valence-corrected chi connectivity index (χ4v) is 13.3. The Balaban J connectivity index is 0.000000680. The minimum Gasteiger partial charge on any atom is -0.444 e. The molecule has 0 bridgehead atoms. The number of benzene rings is 8. The molecule has 0 atom stereocenters. The molecule has 0 radical (unpaired) electrons. The molecule has 9 nitrogen and oxygen atoms in total. The Morgan fingerprint density at radius 1 is 0.424 bits per heavy atom. The molecule has 4 aliphatic heterocycles. The zero-order valence-corrected chi connectivity index (χ0v) is 82.0. The van der Waals surface area contributed by atoms with Crippen LogP contribution >= 0.6 is 23.2 Å². The minimum atomic E-state index is -0.376. The Bertz CT molecular complexity index is 3810. The first kappa shape index (κ1) is 115. The molecule has 9 aromatic rings. The van der Waals surface area contributed by atoms with E-state index in [9.17, 15) is 18.4 Å². The van der Waals surface area contributed by atoms with Gasteiger partial charge in [0.25, 0.3) is 0 Å². The van der Waals surface area contributed by atoms with Gasteiger partial charge < -0.3 is 30.2 Å². The number of rotatable bonds is 20. The molecule has 125 heavy (non-hydrogen) atoms. The SMILES string of the molecule is CC1CCOCC1.CCC1CCN(C(=O)OC(C)(C)C)CC1.CCC1CCNCC1.CCC1CCOCC1.CCCCc1ccc(Cl)cc1.CCCCc1ccc(F)cc1.CCCCc1ccccc1.CCCc1ccc(Cl)cc1.CCCc1ccc(F)cc1.CCCc1ccccc1.CCc1cccc(C)c1.Cc1ccc(C(N)=O)cc1.Cc1ccncc1. The first-order valence-electron chi connectivity index (χ1n) is 47.5. The Kier molecular flexibility index (Phi) is 70.0. The summed E-state index contributed by atoms with van der Waals surface area (Å²) >= 11 is 11.5. The van der Waals surface area contributed by atoms with E-state index >= 15 is 0 Å². The van der Waals surface area contributed by atoms with Crippen LogP contribution in [-0.2, 0) is 59.2 Å². The van der Waals surface area contributed by atoms with Crippen molar-refractivity contribution in [1.29, 1.82) is 0 Å². The number of primary amides is 1. The third kappa shape index (κ3) is 65.2. The van der Waals surface area contributed by atoms with Crippen LogP contribution in [0.1, 0.15) is 291 Å². The summed E-state index contributed by atoms with van der Waals surface area (Å²) in [5.41, 5.74) is 18.5. The molecular formula is C112H166Cl2F2N4O5. The highest BCUT2D eigenvalue weighted by Gasteiger charge is 2.26. The zero-order chi connectivity index (χ0) is 92.4. The second kappa shape index (κ2) is 76.1. The largest absolute Gasteiger partial charge is 0.444 e. The van der Waals surface area contributed by atoms with Crippen molar-refractivity contribution in [3.8, 4) is 0 Å². The summed E-state index contributed by atoms with van der Waals surface area (Å²) in [6.07, 6.45) is 36.6. The lowest BCUT2D eigenvalue weighted by atomic mass is 9.95. The Hall–Kier alpha value is -8.03. The molecule has 5 heterocycles. The maximum absolute atomic E-state index is 12.4. The quantitative estimate of drug-likeness (QED) is 0.0781. The number of nitrogens with two attached hydrogens (primary N) is 1. The van der Waals surface area contributed by atoms with Gasteiger partial charge in [0.2, 0.25) is 5.91 Å². The van der Waals surface area contributed by atoms with Crippen molar-refractivity contribution >= 4 is 35.2 Å². The zero-order valence-electron chi connectivity index (χ0n) is 80.5. The van der Waals surface area contributed by atoms with Gasteiger partial charge in [-0.05, 0) is 311 Å². The van der Waals surface area contributed by atoms with Crippen molar-refractivity contribution < 1.29 is 32.6 Å². The lowest BCUT2D eigenvalue weighted by Crippen LogP contribution is -2.41. The fraction of sp³-hybridized carbons (Fsp3) is 0.509. The number of pyridine rings is 1. The second-order valence-corrected chi connectivity index (χ2v) is 34.7. The number of aryl methyl sites for hydroxylation is 10. The fourth-order valence-electron chi connectivity index (χ4n) is 13.1. The van der Waals surface area contributed by atoms with Crippen LogP contribution in [0.5, 0.6) is 0 Å². The van der Waals surface area contributed by atoms with Crippen LogP contribution in [0.2, 0.25) is 10.0 Å². The molecule has 2 amide bonds. The average Bonchev–Trinajstić information content (AvgIpc) is 0.871. The number of ether oxygens (including phenoxy) is 3. The van der Waals surface area contributed by atoms with Crippen LogP contribution in [0.3, 0.4) is 0 Å². The summed E-state index contributed by atoms with van der Waals surface area (Å²) in [5.74, 6) is 3.02. The first-order valence-corrected chi connectivity index (χ1v) is 48.2. The molecule has 0 spiro atoms. The molecule has 1 aromatic heterocycles. The number of carbonyl (C=O) groups is 2. The van der Waals surface area contributed by atoms with E-state index in [0.717, 1.165) is 124 Å². The maximum Gasteiger partial charge on any atom is 0.410 e. The predicted molar refractivity (Wildman–Crippen MR) is 535 cm³/mol. The van der Waals surface area contributed by atoms with Crippen molar-refractivity contribution in [2.45, 2.75) is 297 Å². The Morgan fingerprint density at radius 2 is 0.776 bits per heavy atom. The van der Waals surface area contributed by atoms with Crippen LogP contribution < -0.4 is 11.1 Å². The topological polar surface area (TPSA) is 116 Å². The van der Waals surface area contributed by atoms with E-state index in [1.54, 1.807) is 24.5 Å². The van der Waals surface area contributed by atoms with Crippen molar-refractivity contribution in [3.63, 3.8) is 0 Å². The van der Waals surface area contributed by atoms with Crippen LogP contribution in [0.15, 0.2) is 231 Å². The average molecular weight is 1760 g/mol. The normalized spacial score (nSPS) is 13.4. The van der Waals surface area contributed by atoms with Gasteiger partial charge in [-0.3, -0.25) is 9.78 Å². The summed E-state index contributed by atoms with van der Waals surface area (Å²) in [5, 5.41) is 4.99. The van der Waals surface area contributed by atoms with Crippen LogP contribution in [-0.4, -0.2) is 80.1 Å². The maximum atomic E-state index is 12.4. The molecule has 0 unspecified atom stereocenters. The van der Waals surface area contributed by atoms with Gasteiger partial charge in [-0.25, -0.2) is 13.6 Å². The van der Waals surface area contributed by atoms with E-state index in [1.807, 2.05) is 112 Å². The lowest BCUT2D eigenvalue weighted by molar-refractivity contribution is 0.0182. The number of amides is 2. The van der Waals surface area contributed by atoms with Crippen LogP contribution in [0.25, 0.3) is 0 Å². The predicted octanol–water partition coefficient (Wildman–Crippen LogP) is 31.3. The summed E-state index contributed by atoms with van der Waals surface area (Å²) < 4.78 is 40.4. The Morgan fingerprint density at radius 3 is 1.09 bits per heavy atom. The number of nitrogens with zero attached hydrogens (tertiary/aromatic N) is 2. The molecular weight excluding hydrogens is 1590 g/mol. The van der Waals surface area contributed by atoms with E-state index in [2.05, 4.69) is 203 Å².